The standard InChI is InChI=1S/C24H18N6O6.3C16H16N2O2.3Fe/c31-19(32)13-1-7-16(8-2-13)25-22-28-23(26-17-9-3-14(4-10-17)20(33)34)30-24(29-22)27-18-11-5-15(6-12-18)21(35)36;3*19-15-7-3-1-5-13(15)11-17-9-10-18-12-14-6-2-4-8-16(14)20;;;/h1-12H,(H,31,32)(H,33,34)(H,35,36)(H3,25,26,27,28,29,30);3*1-8,11-12,19-20H,9-10H2;;;/q;;;;3*+3/p-9. The number of rotatable bonds is 24. The van der Waals surface area contributed by atoms with Crippen molar-refractivity contribution in [3.05, 3.63) is 268 Å². The van der Waals surface area contributed by atoms with Gasteiger partial charge in [0, 0.05) is 54.3 Å². The minimum Gasteiger partial charge on any atom is -0.872 e. The predicted octanol–water partition coefficient (Wildman–Crippen LogP) is 4.30. The van der Waals surface area contributed by atoms with E-state index < -0.39 is 17.9 Å². The molecular weight excluding hydrogens is 1390 g/mol. The van der Waals surface area contributed by atoms with Gasteiger partial charge in [-0.25, -0.2) is 0 Å². The number of carbonyl (C=O) groups is 3. The Morgan fingerprint density at radius 1 is 0.273 bits per heavy atom. The van der Waals surface area contributed by atoms with Gasteiger partial charge in [-0.1, -0.05) is 182 Å². The van der Waals surface area contributed by atoms with E-state index >= 15 is 0 Å². The summed E-state index contributed by atoms with van der Waals surface area (Å²) < 4.78 is 0. The summed E-state index contributed by atoms with van der Waals surface area (Å²) in [7, 11) is 0. The summed E-state index contributed by atoms with van der Waals surface area (Å²) in [5.74, 6) is -3.91. The van der Waals surface area contributed by atoms with E-state index in [1.165, 1.54) is 109 Å². The van der Waals surface area contributed by atoms with Crippen molar-refractivity contribution in [1.29, 1.82) is 0 Å². The van der Waals surface area contributed by atoms with Crippen LogP contribution in [0.4, 0.5) is 34.9 Å². The van der Waals surface area contributed by atoms with Gasteiger partial charge < -0.3 is 76.3 Å². The van der Waals surface area contributed by atoms with Crippen molar-refractivity contribution >= 4 is 90.1 Å². The molecule has 0 bridgehead atoms. The first-order valence-electron chi connectivity index (χ1n) is 29.1. The van der Waals surface area contributed by atoms with Crippen LogP contribution in [0.3, 0.4) is 0 Å². The first kappa shape index (κ1) is 79.6. The topological polar surface area (TPSA) is 408 Å². The van der Waals surface area contributed by atoms with Crippen molar-refractivity contribution in [3.8, 4) is 34.5 Å². The molecular formula is C72H57Fe3N12O12. The summed E-state index contributed by atoms with van der Waals surface area (Å²) in [5.41, 5.74) is 4.88. The van der Waals surface area contributed by atoms with Crippen LogP contribution in [0, 0.1) is 0 Å². The number of nitrogens with one attached hydrogen (secondary N) is 3. The summed E-state index contributed by atoms with van der Waals surface area (Å²) in [5, 5.41) is 110. The fourth-order valence-electron chi connectivity index (χ4n) is 7.85. The molecule has 3 N–H and O–H groups in total. The number of anilines is 6. The molecule has 501 valence electrons. The smallest absolute Gasteiger partial charge is 0.872 e. The Bertz CT molecular complexity index is 3760. The zero-order valence-electron chi connectivity index (χ0n) is 52.0. The van der Waals surface area contributed by atoms with Crippen LogP contribution < -0.4 is 61.9 Å². The van der Waals surface area contributed by atoms with Crippen molar-refractivity contribution in [2.45, 2.75) is 0 Å². The largest absolute Gasteiger partial charge is 3.00 e. The number of carboxylic acid groups (broad SMARTS) is 3. The molecule has 9 aromatic carbocycles. The Labute approximate surface area is 601 Å². The second kappa shape index (κ2) is 43.3. The number of carbonyl (C=O) groups excluding carboxylic acids is 3. The minimum atomic E-state index is -1.31. The number of aliphatic imine (C=N–C) groups is 6. The van der Waals surface area contributed by atoms with Crippen molar-refractivity contribution in [1.82, 2.24) is 15.0 Å². The number of hydrogen-bond acceptors (Lipinski definition) is 24. The van der Waals surface area contributed by atoms with Crippen LogP contribution >= 0.6 is 0 Å². The van der Waals surface area contributed by atoms with Gasteiger partial charge in [0.2, 0.25) is 17.8 Å². The summed E-state index contributed by atoms with van der Waals surface area (Å²) in [6.07, 6.45) is 9.33. The number of benzene rings is 9. The third kappa shape index (κ3) is 28.2. The van der Waals surface area contributed by atoms with E-state index in [0.29, 0.717) is 89.7 Å². The fraction of sp³-hybridized carbons (Fsp3) is 0.0833. The van der Waals surface area contributed by atoms with Gasteiger partial charge in [0.1, 0.15) is 0 Å². The third-order valence-electron chi connectivity index (χ3n) is 12.7. The SMILES string of the molecule is O=C([O-])c1ccc(Nc2nc(Nc3ccc(C(=O)[O-])cc3)nc(Nc3ccc(C(=O)[O-])cc3)n2)cc1.[Fe+3].[Fe+3].[Fe+3].[O-]c1ccccc1C=NCCN=Cc1ccccc1[O-].[O-]c1ccccc1C=NCCN=Cc1ccccc1[O-].[O-]c1ccccc1C=NCCN=Cc1ccccc1[O-]. The Hall–Kier alpha value is -11.8. The van der Waals surface area contributed by atoms with Gasteiger partial charge in [0.15, 0.2) is 0 Å². The average Bonchev–Trinajstić information content (AvgIpc) is 0.892. The third-order valence-corrected chi connectivity index (χ3v) is 12.7. The quantitative estimate of drug-likeness (QED) is 0.0431. The molecule has 0 fully saturated rings. The molecule has 0 unspecified atom stereocenters. The minimum absolute atomic E-state index is 0. The molecule has 0 aliphatic rings. The van der Waals surface area contributed by atoms with Crippen LogP contribution in [0.25, 0.3) is 0 Å². The van der Waals surface area contributed by atoms with E-state index in [1.807, 2.05) is 0 Å². The number of para-hydroxylation sites is 6. The van der Waals surface area contributed by atoms with Gasteiger partial charge in [-0.15, -0.1) is 34.5 Å². The number of hydrogen-bond donors (Lipinski definition) is 3. The molecule has 24 nitrogen and oxygen atoms in total. The van der Waals surface area contributed by atoms with Gasteiger partial charge in [-0.05, 0) is 86.5 Å². The van der Waals surface area contributed by atoms with Crippen LogP contribution in [-0.2, 0) is 51.2 Å². The van der Waals surface area contributed by atoms with Gasteiger partial charge in [0.25, 0.3) is 0 Å². The predicted molar refractivity (Wildman–Crippen MR) is 352 cm³/mol. The van der Waals surface area contributed by atoms with Gasteiger partial charge >= 0.3 is 51.2 Å². The molecule has 0 aliphatic carbocycles. The van der Waals surface area contributed by atoms with Crippen molar-refractivity contribution < 1.29 is 112 Å². The summed E-state index contributed by atoms with van der Waals surface area (Å²) in [6.45, 7) is 2.87. The zero-order valence-corrected chi connectivity index (χ0v) is 55.3. The second-order valence-corrected chi connectivity index (χ2v) is 19.7. The van der Waals surface area contributed by atoms with E-state index in [0.717, 1.165) is 0 Å². The maximum atomic E-state index is 11.4. The molecule has 0 spiro atoms. The van der Waals surface area contributed by atoms with E-state index in [2.05, 4.69) is 60.9 Å². The average molecular weight is 1450 g/mol. The summed E-state index contributed by atoms with van der Waals surface area (Å²) >= 11 is 0. The van der Waals surface area contributed by atoms with Crippen LogP contribution in [0.5, 0.6) is 34.5 Å². The molecule has 99 heavy (non-hydrogen) atoms. The number of aromatic nitrogens is 3. The molecule has 10 rings (SSSR count). The van der Waals surface area contributed by atoms with Crippen LogP contribution in [0.15, 0.2) is 248 Å². The van der Waals surface area contributed by atoms with Crippen molar-refractivity contribution in [3.63, 3.8) is 0 Å². The molecule has 1 aromatic heterocycles. The normalized spacial score (nSPS) is 10.7. The summed E-state index contributed by atoms with van der Waals surface area (Å²) in [4.78, 5) is 70.6. The molecule has 3 radical (unpaired) electrons. The molecule has 0 saturated heterocycles. The van der Waals surface area contributed by atoms with Gasteiger partial charge in [-0.2, -0.15) is 15.0 Å². The van der Waals surface area contributed by atoms with Crippen LogP contribution in [0.2, 0.25) is 0 Å². The van der Waals surface area contributed by atoms with E-state index in [9.17, 15) is 60.3 Å². The van der Waals surface area contributed by atoms with E-state index in [-0.39, 0.29) is 120 Å². The van der Waals surface area contributed by atoms with Crippen molar-refractivity contribution in [2.24, 2.45) is 30.0 Å². The van der Waals surface area contributed by atoms with Gasteiger partial charge in [-0.3, -0.25) is 30.0 Å². The van der Waals surface area contributed by atoms with Crippen LogP contribution in [0.1, 0.15) is 64.5 Å². The summed E-state index contributed by atoms with van der Waals surface area (Å²) in [6, 6.07) is 57.5. The van der Waals surface area contributed by atoms with E-state index in [1.54, 1.807) is 146 Å². The van der Waals surface area contributed by atoms with Crippen LogP contribution in [-0.4, -0.2) is 109 Å². The molecule has 27 heteroatoms. The molecule has 1 heterocycles. The van der Waals surface area contributed by atoms with Gasteiger partial charge in [0.05, 0.1) is 57.2 Å². The first-order chi connectivity index (χ1) is 46.6. The number of nitrogens with zero attached hydrogens (tertiary/aromatic N) is 9. The Kier molecular flexibility index (Phi) is 34.8. The molecule has 10 aromatic rings. The second-order valence-electron chi connectivity index (χ2n) is 19.7. The zero-order chi connectivity index (χ0) is 68.3. The molecule has 0 atom stereocenters. The Balaban J connectivity index is 0.000000289. The molecule has 0 aliphatic heterocycles. The van der Waals surface area contributed by atoms with Crippen molar-refractivity contribution in [2.75, 3.05) is 55.2 Å². The Morgan fingerprint density at radius 2 is 0.434 bits per heavy atom. The fourth-order valence-corrected chi connectivity index (χ4v) is 7.85. The maximum Gasteiger partial charge on any atom is 3.00 e. The molecule has 0 amide bonds. The van der Waals surface area contributed by atoms with E-state index in [4.69, 9.17) is 0 Å². The Morgan fingerprint density at radius 3 is 0.586 bits per heavy atom. The molecule has 0 saturated carbocycles. The first-order valence-corrected chi connectivity index (χ1v) is 29.1. The number of carboxylic acids is 3. The monoisotopic (exact) mass is 1450 g/mol. The number of aromatic carboxylic acids is 3. The maximum absolute atomic E-state index is 11.4.